The van der Waals surface area contributed by atoms with Crippen molar-refractivity contribution >= 4 is 5.91 Å². The van der Waals surface area contributed by atoms with E-state index in [0.717, 1.165) is 34.2 Å². The van der Waals surface area contributed by atoms with Crippen molar-refractivity contribution in [2.24, 2.45) is 13.0 Å². The van der Waals surface area contributed by atoms with Crippen molar-refractivity contribution in [3.63, 3.8) is 0 Å². The molecule has 34 heavy (non-hydrogen) atoms. The topological polar surface area (TPSA) is 102 Å². The van der Waals surface area contributed by atoms with Crippen molar-refractivity contribution < 1.29 is 9.90 Å². The molecule has 174 valence electrons. The molecule has 1 N–H and O–H groups in total. The zero-order chi connectivity index (χ0) is 23.7. The third-order valence-corrected chi connectivity index (χ3v) is 6.46. The number of amides is 1. The number of likely N-dealkylation sites (tertiary alicyclic amines) is 1. The van der Waals surface area contributed by atoms with Crippen LogP contribution in [0.2, 0.25) is 0 Å². The van der Waals surface area contributed by atoms with E-state index in [1.54, 1.807) is 22.7 Å². The Morgan fingerprint density at radius 3 is 2.44 bits per heavy atom. The molecule has 5 rings (SSSR count). The summed E-state index contributed by atoms with van der Waals surface area (Å²) >= 11 is 0. The van der Waals surface area contributed by atoms with Crippen molar-refractivity contribution in [3.05, 3.63) is 61.4 Å². The number of hydrogen-bond donors (Lipinski definition) is 1. The average Bonchev–Trinajstić information content (AvgIpc) is 3.53. The number of carbonyl (C=O) groups is 1. The third-order valence-electron chi connectivity index (χ3n) is 6.46. The molecule has 1 fully saturated rings. The Labute approximate surface area is 197 Å². The minimum absolute atomic E-state index is 0.0134. The summed E-state index contributed by atoms with van der Waals surface area (Å²) in [5.41, 5.74) is 4.84. The van der Waals surface area contributed by atoms with Gasteiger partial charge in [-0.15, -0.1) is 0 Å². The van der Waals surface area contributed by atoms with Crippen LogP contribution in [0.5, 0.6) is 0 Å². The fourth-order valence-electron chi connectivity index (χ4n) is 4.54. The Bertz CT molecular complexity index is 1290. The summed E-state index contributed by atoms with van der Waals surface area (Å²) in [6.07, 6.45) is 12.0. The molecular weight excluding hydrogens is 430 g/mol. The number of aliphatic hydroxyl groups excluding tert-OH is 1. The molecule has 0 spiro atoms. The molecular formula is C25H27N7O2. The van der Waals surface area contributed by atoms with Crippen LogP contribution in [0.25, 0.3) is 33.6 Å². The highest BCUT2D eigenvalue weighted by molar-refractivity contribution is 5.73. The van der Waals surface area contributed by atoms with E-state index in [1.807, 2.05) is 60.9 Å². The second kappa shape index (κ2) is 9.18. The largest absolute Gasteiger partial charge is 0.396 e. The van der Waals surface area contributed by atoms with E-state index in [1.165, 1.54) is 0 Å². The minimum Gasteiger partial charge on any atom is -0.396 e. The van der Waals surface area contributed by atoms with Gasteiger partial charge in [0.25, 0.3) is 0 Å². The van der Waals surface area contributed by atoms with Crippen molar-refractivity contribution in [3.8, 4) is 33.6 Å². The second-order valence-electron chi connectivity index (χ2n) is 8.75. The van der Waals surface area contributed by atoms with Crippen LogP contribution in [0.15, 0.2) is 61.4 Å². The molecule has 1 amide bonds. The smallest absolute Gasteiger partial charge is 0.219 e. The average molecular weight is 458 g/mol. The van der Waals surface area contributed by atoms with Crippen LogP contribution < -0.4 is 0 Å². The zero-order valence-electron chi connectivity index (χ0n) is 19.2. The Hall–Kier alpha value is -3.85. The highest BCUT2D eigenvalue weighted by atomic mass is 16.3. The quantitative estimate of drug-likeness (QED) is 0.494. The standard InChI is InChI=1S/C25H27N7O2/c1-17(34)31-7-6-24(23(14-31)16-33)32-15-22(12-29-32)20-9-26-25(27-10-20)19-5-3-4-18(8-19)21-11-28-30(2)13-21/h3-5,8-13,15,23-24,33H,6-7,14,16H2,1-2H3. The molecule has 0 saturated carbocycles. The van der Waals surface area contributed by atoms with Gasteiger partial charge in [-0.1, -0.05) is 18.2 Å². The number of aromatic nitrogens is 6. The number of rotatable bonds is 5. The first kappa shape index (κ1) is 22.0. The molecule has 9 heteroatoms. The summed E-state index contributed by atoms with van der Waals surface area (Å²) in [6.45, 7) is 2.79. The highest BCUT2D eigenvalue weighted by Crippen LogP contribution is 2.30. The van der Waals surface area contributed by atoms with Gasteiger partial charge in [-0.05, 0) is 18.1 Å². The second-order valence-corrected chi connectivity index (χ2v) is 8.75. The SMILES string of the molecule is CC(=O)N1CCC(n2cc(-c3cnc(-c4cccc(-c5cnn(C)c5)c4)nc3)cn2)C(CO)C1. The number of benzene rings is 1. The lowest BCUT2D eigenvalue weighted by molar-refractivity contribution is -0.131. The lowest BCUT2D eigenvalue weighted by Gasteiger charge is -2.37. The van der Waals surface area contributed by atoms with Crippen molar-refractivity contribution in [2.45, 2.75) is 19.4 Å². The van der Waals surface area contributed by atoms with E-state index >= 15 is 0 Å². The van der Waals surface area contributed by atoms with Crippen LogP contribution >= 0.6 is 0 Å². The molecule has 0 radical (unpaired) electrons. The monoisotopic (exact) mass is 457 g/mol. The molecule has 9 nitrogen and oxygen atoms in total. The van der Waals surface area contributed by atoms with Crippen LogP contribution in [-0.4, -0.2) is 65.1 Å². The summed E-state index contributed by atoms with van der Waals surface area (Å²) in [7, 11) is 1.90. The molecule has 0 bridgehead atoms. The number of hydrogen-bond acceptors (Lipinski definition) is 6. The van der Waals surface area contributed by atoms with Crippen molar-refractivity contribution in [2.75, 3.05) is 19.7 Å². The first-order chi connectivity index (χ1) is 16.5. The van der Waals surface area contributed by atoms with E-state index in [-0.39, 0.29) is 24.5 Å². The van der Waals surface area contributed by atoms with Crippen LogP contribution in [0.1, 0.15) is 19.4 Å². The zero-order valence-corrected chi connectivity index (χ0v) is 19.2. The first-order valence-corrected chi connectivity index (χ1v) is 11.3. The van der Waals surface area contributed by atoms with E-state index in [4.69, 9.17) is 0 Å². The summed E-state index contributed by atoms with van der Waals surface area (Å²) in [4.78, 5) is 22.7. The maximum absolute atomic E-state index is 11.7. The van der Waals surface area contributed by atoms with Gasteiger partial charge in [0, 0.05) is 86.6 Å². The summed E-state index contributed by atoms with van der Waals surface area (Å²) in [5.74, 6) is 0.649. The van der Waals surface area contributed by atoms with Gasteiger partial charge in [0.05, 0.1) is 18.4 Å². The Morgan fingerprint density at radius 1 is 1.00 bits per heavy atom. The Morgan fingerprint density at radius 2 is 1.74 bits per heavy atom. The van der Waals surface area contributed by atoms with Crippen molar-refractivity contribution in [1.82, 2.24) is 34.4 Å². The molecule has 2 atom stereocenters. The molecule has 1 aromatic carbocycles. The van der Waals surface area contributed by atoms with Crippen LogP contribution in [0, 0.1) is 5.92 Å². The predicted octanol–water partition coefficient (Wildman–Crippen LogP) is 2.81. The number of nitrogens with zero attached hydrogens (tertiary/aromatic N) is 7. The molecule has 3 aromatic heterocycles. The molecule has 1 saturated heterocycles. The molecule has 4 aromatic rings. The van der Waals surface area contributed by atoms with Gasteiger partial charge in [0.2, 0.25) is 5.91 Å². The van der Waals surface area contributed by atoms with E-state index in [0.29, 0.717) is 18.9 Å². The maximum atomic E-state index is 11.7. The van der Waals surface area contributed by atoms with Crippen LogP contribution in [0.3, 0.4) is 0 Å². The maximum Gasteiger partial charge on any atom is 0.219 e. The van der Waals surface area contributed by atoms with Crippen molar-refractivity contribution in [1.29, 1.82) is 0 Å². The van der Waals surface area contributed by atoms with Gasteiger partial charge >= 0.3 is 0 Å². The van der Waals surface area contributed by atoms with Gasteiger partial charge in [0.1, 0.15) is 0 Å². The number of carbonyl (C=O) groups excluding carboxylic acids is 1. The Kier molecular flexibility index (Phi) is 5.93. The van der Waals surface area contributed by atoms with Gasteiger partial charge < -0.3 is 10.0 Å². The van der Waals surface area contributed by atoms with Gasteiger partial charge in [0.15, 0.2) is 5.82 Å². The van der Waals surface area contributed by atoms with Gasteiger partial charge in [-0.3, -0.25) is 14.2 Å². The Balaban J connectivity index is 1.34. The highest BCUT2D eigenvalue weighted by Gasteiger charge is 2.31. The fraction of sp³-hybridized carbons (Fsp3) is 0.320. The van der Waals surface area contributed by atoms with Crippen LogP contribution in [0.4, 0.5) is 0 Å². The van der Waals surface area contributed by atoms with E-state index < -0.39 is 0 Å². The number of aryl methyl sites for hydroxylation is 1. The number of aliphatic hydroxyl groups is 1. The minimum atomic E-state index is -0.0453. The lowest BCUT2D eigenvalue weighted by Crippen LogP contribution is -2.44. The summed E-state index contributed by atoms with van der Waals surface area (Å²) in [6, 6.07) is 8.14. The van der Waals surface area contributed by atoms with Gasteiger partial charge in [-0.25, -0.2) is 9.97 Å². The van der Waals surface area contributed by atoms with E-state index in [2.05, 4.69) is 26.2 Å². The predicted molar refractivity (Wildman–Crippen MR) is 127 cm³/mol. The van der Waals surface area contributed by atoms with Crippen LogP contribution in [-0.2, 0) is 11.8 Å². The van der Waals surface area contributed by atoms with Gasteiger partial charge in [-0.2, -0.15) is 10.2 Å². The summed E-state index contributed by atoms with van der Waals surface area (Å²) in [5, 5.41) is 18.7. The molecule has 1 aliphatic rings. The third kappa shape index (κ3) is 4.34. The molecule has 2 unspecified atom stereocenters. The summed E-state index contributed by atoms with van der Waals surface area (Å²) < 4.78 is 3.68. The fourth-order valence-corrected chi connectivity index (χ4v) is 4.54. The molecule has 1 aliphatic heterocycles. The number of piperidine rings is 1. The first-order valence-electron chi connectivity index (χ1n) is 11.3. The van der Waals surface area contributed by atoms with E-state index in [9.17, 15) is 9.90 Å². The normalized spacial score (nSPS) is 18.3. The lowest BCUT2D eigenvalue weighted by atomic mass is 9.93. The molecule has 0 aliphatic carbocycles. The molecule has 4 heterocycles.